The zero-order valence-electron chi connectivity index (χ0n) is 16.4. The van der Waals surface area contributed by atoms with Crippen LogP contribution in [0.4, 0.5) is 0 Å². The van der Waals surface area contributed by atoms with Gasteiger partial charge in [-0.15, -0.1) is 0 Å². The van der Waals surface area contributed by atoms with Crippen molar-refractivity contribution < 1.29 is 19.1 Å². The molecular weight excluding hydrogens is 380 g/mol. The van der Waals surface area contributed by atoms with Crippen LogP contribution in [0.25, 0.3) is 22.1 Å². The lowest BCUT2D eigenvalue weighted by atomic mass is 9.97. The SMILES string of the molecule is CCOC(=O)c1ccc(-c2c(Cc3ccccc3)oc3cc(O)ccc3c2=O)cc1. The van der Waals surface area contributed by atoms with E-state index in [-0.39, 0.29) is 11.2 Å². The molecule has 0 atom stereocenters. The molecule has 0 amide bonds. The highest BCUT2D eigenvalue weighted by molar-refractivity contribution is 5.90. The molecule has 4 rings (SSSR count). The van der Waals surface area contributed by atoms with Crippen LogP contribution in [0.1, 0.15) is 28.6 Å². The predicted molar refractivity (Wildman–Crippen MR) is 115 cm³/mol. The maximum absolute atomic E-state index is 13.3. The van der Waals surface area contributed by atoms with Crippen molar-refractivity contribution in [1.82, 2.24) is 0 Å². The first-order valence-corrected chi connectivity index (χ1v) is 9.67. The van der Waals surface area contributed by atoms with Crippen molar-refractivity contribution in [3.63, 3.8) is 0 Å². The molecular formula is C25H20O5. The molecule has 0 aliphatic rings. The van der Waals surface area contributed by atoms with E-state index in [1.54, 1.807) is 37.3 Å². The summed E-state index contributed by atoms with van der Waals surface area (Å²) < 4.78 is 11.1. The fourth-order valence-electron chi connectivity index (χ4n) is 3.41. The number of benzene rings is 3. The molecule has 5 heteroatoms. The number of rotatable bonds is 5. The van der Waals surface area contributed by atoms with Gasteiger partial charge in [-0.05, 0) is 42.3 Å². The molecule has 3 aromatic carbocycles. The van der Waals surface area contributed by atoms with Crippen LogP contribution < -0.4 is 5.43 Å². The first kappa shape index (κ1) is 19.5. The summed E-state index contributed by atoms with van der Waals surface area (Å²) in [5.41, 5.74) is 2.64. The van der Waals surface area contributed by atoms with E-state index in [1.165, 1.54) is 12.1 Å². The highest BCUT2D eigenvalue weighted by atomic mass is 16.5. The van der Waals surface area contributed by atoms with Gasteiger partial charge in [0.15, 0.2) is 0 Å². The summed E-state index contributed by atoms with van der Waals surface area (Å²) in [5.74, 6) is 0.116. The van der Waals surface area contributed by atoms with Gasteiger partial charge in [-0.25, -0.2) is 4.79 Å². The van der Waals surface area contributed by atoms with E-state index < -0.39 is 5.97 Å². The van der Waals surface area contributed by atoms with Gasteiger partial charge in [0.1, 0.15) is 17.1 Å². The first-order chi connectivity index (χ1) is 14.6. The quantitative estimate of drug-likeness (QED) is 0.481. The molecule has 0 spiro atoms. The van der Waals surface area contributed by atoms with E-state index in [4.69, 9.17) is 9.15 Å². The number of carbonyl (C=O) groups excluding carboxylic acids is 1. The number of carbonyl (C=O) groups is 1. The van der Waals surface area contributed by atoms with E-state index >= 15 is 0 Å². The third kappa shape index (κ3) is 3.82. The topological polar surface area (TPSA) is 76.7 Å². The molecule has 0 bridgehead atoms. The third-order valence-electron chi connectivity index (χ3n) is 4.84. The van der Waals surface area contributed by atoms with Gasteiger partial charge in [-0.1, -0.05) is 42.5 Å². The lowest BCUT2D eigenvalue weighted by molar-refractivity contribution is 0.0526. The van der Waals surface area contributed by atoms with Crippen molar-refractivity contribution >= 4 is 16.9 Å². The highest BCUT2D eigenvalue weighted by Crippen LogP contribution is 2.28. The van der Waals surface area contributed by atoms with Crippen molar-refractivity contribution in [3.8, 4) is 16.9 Å². The van der Waals surface area contributed by atoms with Crippen molar-refractivity contribution in [2.75, 3.05) is 6.61 Å². The molecule has 4 aromatic rings. The number of phenolic OH excluding ortho intramolecular Hbond substituents is 1. The summed E-state index contributed by atoms with van der Waals surface area (Å²) in [4.78, 5) is 25.3. The molecule has 5 nitrogen and oxygen atoms in total. The van der Waals surface area contributed by atoms with Crippen molar-refractivity contribution in [1.29, 1.82) is 0 Å². The van der Waals surface area contributed by atoms with Gasteiger partial charge < -0.3 is 14.3 Å². The van der Waals surface area contributed by atoms with Crippen LogP contribution in [0.2, 0.25) is 0 Å². The standard InChI is InChI=1S/C25H20O5/c1-2-29-25(28)18-10-8-17(9-11-18)23-22(14-16-6-4-3-5-7-16)30-21-15-19(26)12-13-20(21)24(23)27/h3-13,15,26H,2,14H2,1H3. The van der Waals surface area contributed by atoms with Crippen LogP contribution in [0.15, 0.2) is 82.0 Å². The van der Waals surface area contributed by atoms with Gasteiger partial charge >= 0.3 is 5.97 Å². The van der Waals surface area contributed by atoms with Crippen LogP contribution >= 0.6 is 0 Å². The predicted octanol–water partition coefficient (Wildman–Crippen LogP) is 4.93. The van der Waals surface area contributed by atoms with E-state index in [0.717, 1.165) is 5.56 Å². The minimum absolute atomic E-state index is 0.0304. The Morgan fingerprint density at radius 2 is 1.73 bits per heavy atom. The van der Waals surface area contributed by atoms with Gasteiger partial charge in [-0.3, -0.25) is 4.79 Å². The fraction of sp³-hybridized carbons (Fsp3) is 0.120. The van der Waals surface area contributed by atoms with E-state index in [9.17, 15) is 14.7 Å². The lowest BCUT2D eigenvalue weighted by Crippen LogP contribution is -2.10. The first-order valence-electron chi connectivity index (χ1n) is 9.67. The van der Waals surface area contributed by atoms with Crippen molar-refractivity contribution in [3.05, 3.63) is 99.9 Å². The second-order valence-electron chi connectivity index (χ2n) is 6.87. The summed E-state index contributed by atoms with van der Waals surface area (Å²) in [5, 5.41) is 10.2. The molecule has 0 aliphatic heterocycles. The Morgan fingerprint density at radius 1 is 1.00 bits per heavy atom. The van der Waals surface area contributed by atoms with E-state index in [1.807, 2.05) is 30.3 Å². The molecule has 0 fully saturated rings. The maximum Gasteiger partial charge on any atom is 0.338 e. The molecule has 30 heavy (non-hydrogen) atoms. The smallest absolute Gasteiger partial charge is 0.338 e. The Kier molecular flexibility index (Phi) is 5.35. The Labute approximate surface area is 173 Å². The monoisotopic (exact) mass is 400 g/mol. The van der Waals surface area contributed by atoms with Gasteiger partial charge in [0.25, 0.3) is 0 Å². The largest absolute Gasteiger partial charge is 0.508 e. The molecule has 0 saturated heterocycles. The Hall–Kier alpha value is -3.86. The molecule has 1 heterocycles. The molecule has 150 valence electrons. The average molecular weight is 400 g/mol. The zero-order chi connectivity index (χ0) is 21.1. The van der Waals surface area contributed by atoms with Crippen LogP contribution in [0, 0.1) is 0 Å². The van der Waals surface area contributed by atoms with E-state index in [0.29, 0.717) is 46.4 Å². The summed E-state index contributed by atoms with van der Waals surface area (Å²) in [6.45, 7) is 2.04. The van der Waals surface area contributed by atoms with Crippen LogP contribution in [0.5, 0.6) is 5.75 Å². The molecule has 0 saturated carbocycles. The van der Waals surface area contributed by atoms with Gasteiger partial charge in [0.05, 0.1) is 23.1 Å². The molecule has 0 aliphatic carbocycles. The second kappa shape index (κ2) is 8.25. The zero-order valence-corrected chi connectivity index (χ0v) is 16.4. The molecule has 0 unspecified atom stereocenters. The summed E-state index contributed by atoms with van der Waals surface area (Å²) in [7, 11) is 0. The summed E-state index contributed by atoms with van der Waals surface area (Å²) >= 11 is 0. The fourth-order valence-corrected chi connectivity index (χ4v) is 3.41. The highest BCUT2D eigenvalue weighted by Gasteiger charge is 2.18. The summed E-state index contributed by atoms with van der Waals surface area (Å²) in [6, 6.07) is 20.9. The van der Waals surface area contributed by atoms with Crippen LogP contribution in [-0.4, -0.2) is 17.7 Å². The number of esters is 1. The molecule has 1 aromatic heterocycles. The second-order valence-corrected chi connectivity index (χ2v) is 6.87. The van der Waals surface area contributed by atoms with Gasteiger partial charge in [-0.2, -0.15) is 0 Å². The number of hydrogen-bond donors (Lipinski definition) is 1. The lowest BCUT2D eigenvalue weighted by Gasteiger charge is -2.11. The average Bonchev–Trinajstić information content (AvgIpc) is 2.75. The van der Waals surface area contributed by atoms with Crippen LogP contribution in [0.3, 0.4) is 0 Å². The molecule has 1 N–H and O–H groups in total. The van der Waals surface area contributed by atoms with Crippen LogP contribution in [-0.2, 0) is 11.2 Å². The third-order valence-corrected chi connectivity index (χ3v) is 4.84. The molecule has 0 radical (unpaired) electrons. The van der Waals surface area contributed by atoms with Gasteiger partial charge in [0.2, 0.25) is 5.43 Å². The van der Waals surface area contributed by atoms with Gasteiger partial charge in [0, 0.05) is 12.5 Å². The minimum Gasteiger partial charge on any atom is -0.508 e. The normalized spacial score (nSPS) is 10.8. The Balaban J connectivity index is 1.87. The van der Waals surface area contributed by atoms with Crippen molar-refractivity contribution in [2.24, 2.45) is 0 Å². The Bertz CT molecular complexity index is 1250. The minimum atomic E-state index is -0.408. The number of ether oxygens (including phenoxy) is 1. The van der Waals surface area contributed by atoms with E-state index in [2.05, 4.69) is 0 Å². The number of aromatic hydroxyl groups is 1. The number of fused-ring (bicyclic) bond motifs is 1. The summed E-state index contributed by atoms with van der Waals surface area (Å²) in [6.07, 6.45) is 0.413. The number of phenols is 1. The van der Waals surface area contributed by atoms with Crippen molar-refractivity contribution in [2.45, 2.75) is 13.3 Å². The maximum atomic E-state index is 13.3. The Morgan fingerprint density at radius 3 is 2.43 bits per heavy atom. The number of hydrogen-bond acceptors (Lipinski definition) is 5.